The van der Waals surface area contributed by atoms with Crippen LogP contribution in [0.1, 0.15) is 27.0 Å². The van der Waals surface area contributed by atoms with E-state index < -0.39 is 0 Å². The lowest BCUT2D eigenvalue weighted by molar-refractivity contribution is 0.0950. The number of carbonyl (C=O) groups excluding carboxylic acids is 1. The van der Waals surface area contributed by atoms with Crippen molar-refractivity contribution >= 4 is 5.91 Å². The molecular formula is C17H18FNO2. The summed E-state index contributed by atoms with van der Waals surface area (Å²) in [5.74, 6) is -0.447. The lowest BCUT2D eigenvalue weighted by Gasteiger charge is -2.08. The van der Waals surface area contributed by atoms with Gasteiger partial charge in [0.15, 0.2) is 0 Å². The van der Waals surface area contributed by atoms with E-state index >= 15 is 0 Å². The first-order chi connectivity index (χ1) is 10.1. The number of halogens is 1. The van der Waals surface area contributed by atoms with Gasteiger partial charge in [0, 0.05) is 19.2 Å². The van der Waals surface area contributed by atoms with E-state index in [0.717, 1.165) is 11.1 Å². The maximum atomic E-state index is 13.4. The van der Waals surface area contributed by atoms with Crippen LogP contribution >= 0.6 is 0 Å². The molecule has 0 bridgehead atoms. The van der Waals surface area contributed by atoms with Gasteiger partial charge in [0.25, 0.3) is 5.91 Å². The van der Waals surface area contributed by atoms with Gasteiger partial charge in [0.1, 0.15) is 5.82 Å². The summed E-state index contributed by atoms with van der Waals surface area (Å²) in [6.07, 6.45) is 0. The smallest absolute Gasteiger partial charge is 0.251 e. The minimum atomic E-state index is -0.260. The van der Waals surface area contributed by atoms with Crippen molar-refractivity contribution in [1.82, 2.24) is 5.32 Å². The average Bonchev–Trinajstić information content (AvgIpc) is 2.49. The minimum absolute atomic E-state index is 0.186. The third-order valence-corrected chi connectivity index (χ3v) is 3.19. The number of rotatable bonds is 5. The fraction of sp³-hybridized carbons (Fsp3) is 0.235. The predicted molar refractivity (Wildman–Crippen MR) is 79.5 cm³/mol. The number of hydrogen-bond acceptors (Lipinski definition) is 2. The van der Waals surface area contributed by atoms with E-state index in [9.17, 15) is 9.18 Å². The molecule has 0 unspecified atom stereocenters. The van der Waals surface area contributed by atoms with Crippen molar-refractivity contribution in [2.45, 2.75) is 20.1 Å². The van der Waals surface area contributed by atoms with Gasteiger partial charge < -0.3 is 10.1 Å². The standard InChI is InChI=1S/C17H18FNO2/c1-12-6-7-13(9-16(12)18)10-19-17(20)15-5-3-4-14(8-15)11-21-2/h3-9H,10-11H2,1-2H3,(H,19,20). The van der Waals surface area contributed by atoms with Crippen LogP contribution in [0.2, 0.25) is 0 Å². The maximum absolute atomic E-state index is 13.4. The van der Waals surface area contributed by atoms with Crippen LogP contribution in [0, 0.1) is 12.7 Å². The van der Waals surface area contributed by atoms with Gasteiger partial charge in [-0.1, -0.05) is 24.3 Å². The second-order valence-corrected chi connectivity index (χ2v) is 4.90. The van der Waals surface area contributed by atoms with E-state index in [1.54, 1.807) is 38.3 Å². The molecule has 0 aliphatic rings. The summed E-state index contributed by atoms with van der Waals surface area (Å²) in [5, 5.41) is 2.78. The first-order valence-corrected chi connectivity index (χ1v) is 6.71. The van der Waals surface area contributed by atoms with Crippen molar-refractivity contribution in [1.29, 1.82) is 0 Å². The molecule has 110 valence electrons. The van der Waals surface area contributed by atoms with Crippen LogP contribution in [0.25, 0.3) is 0 Å². The predicted octanol–water partition coefficient (Wildman–Crippen LogP) is 3.21. The first-order valence-electron chi connectivity index (χ1n) is 6.71. The van der Waals surface area contributed by atoms with Gasteiger partial charge >= 0.3 is 0 Å². The van der Waals surface area contributed by atoms with Crippen LogP contribution in [0.5, 0.6) is 0 Å². The third kappa shape index (κ3) is 4.13. The monoisotopic (exact) mass is 287 g/mol. The molecule has 0 radical (unpaired) electrons. The van der Waals surface area contributed by atoms with Gasteiger partial charge in [-0.15, -0.1) is 0 Å². The minimum Gasteiger partial charge on any atom is -0.380 e. The van der Waals surface area contributed by atoms with Crippen molar-refractivity contribution in [3.63, 3.8) is 0 Å². The molecule has 3 nitrogen and oxygen atoms in total. The van der Waals surface area contributed by atoms with Crippen LogP contribution < -0.4 is 5.32 Å². The molecular weight excluding hydrogens is 269 g/mol. The molecule has 4 heteroatoms. The molecule has 0 saturated heterocycles. The van der Waals surface area contributed by atoms with Crippen molar-refractivity contribution in [3.05, 3.63) is 70.5 Å². The molecule has 0 atom stereocenters. The number of ether oxygens (including phenoxy) is 1. The molecule has 0 aromatic heterocycles. The summed E-state index contributed by atoms with van der Waals surface area (Å²) in [4.78, 5) is 12.1. The Morgan fingerprint density at radius 1 is 1.19 bits per heavy atom. The Kier molecular flexibility index (Phi) is 5.06. The van der Waals surface area contributed by atoms with Crippen LogP contribution in [-0.4, -0.2) is 13.0 Å². The van der Waals surface area contributed by atoms with Crippen LogP contribution in [0.4, 0.5) is 4.39 Å². The number of carbonyl (C=O) groups is 1. The largest absolute Gasteiger partial charge is 0.380 e. The zero-order chi connectivity index (χ0) is 15.2. The quantitative estimate of drug-likeness (QED) is 0.917. The van der Waals surface area contributed by atoms with Gasteiger partial charge in [-0.2, -0.15) is 0 Å². The first kappa shape index (κ1) is 15.2. The van der Waals surface area contributed by atoms with Gasteiger partial charge in [0.05, 0.1) is 6.61 Å². The van der Waals surface area contributed by atoms with Crippen LogP contribution in [0.3, 0.4) is 0 Å². The topological polar surface area (TPSA) is 38.3 Å². The van der Waals surface area contributed by atoms with Crippen molar-refractivity contribution < 1.29 is 13.9 Å². The second kappa shape index (κ2) is 6.99. The number of amides is 1. The summed E-state index contributed by atoms with van der Waals surface area (Å²) in [7, 11) is 1.61. The number of methoxy groups -OCH3 is 1. The van der Waals surface area contributed by atoms with Gasteiger partial charge in [-0.05, 0) is 41.8 Å². The zero-order valence-electron chi connectivity index (χ0n) is 12.2. The Hall–Kier alpha value is -2.20. The molecule has 0 aliphatic heterocycles. The number of aryl methyl sites for hydroxylation is 1. The highest BCUT2D eigenvalue weighted by Gasteiger charge is 2.07. The molecule has 2 rings (SSSR count). The van der Waals surface area contributed by atoms with Gasteiger partial charge in [-0.25, -0.2) is 4.39 Å². The summed E-state index contributed by atoms with van der Waals surface area (Å²) >= 11 is 0. The van der Waals surface area contributed by atoms with Crippen molar-refractivity contribution in [2.24, 2.45) is 0 Å². The van der Waals surface area contributed by atoms with E-state index in [2.05, 4.69) is 5.32 Å². The number of hydrogen-bond donors (Lipinski definition) is 1. The Balaban J connectivity index is 2.01. The number of benzene rings is 2. The third-order valence-electron chi connectivity index (χ3n) is 3.19. The molecule has 0 fully saturated rings. The van der Waals surface area contributed by atoms with Crippen molar-refractivity contribution in [2.75, 3.05) is 7.11 Å². The molecule has 0 heterocycles. The maximum Gasteiger partial charge on any atom is 0.251 e. The molecule has 0 saturated carbocycles. The van der Waals surface area contributed by atoms with Crippen LogP contribution in [0.15, 0.2) is 42.5 Å². The summed E-state index contributed by atoms with van der Waals surface area (Å²) < 4.78 is 18.5. The zero-order valence-corrected chi connectivity index (χ0v) is 12.2. The lowest BCUT2D eigenvalue weighted by atomic mass is 10.1. The highest BCUT2D eigenvalue weighted by atomic mass is 19.1. The highest BCUT2D eigenvalue weighted by molar-refractivity contribution is 5.94. The summed E-state index contributed by atoms with van der Waals surface area (Å²) in [6.45, 7) is 2.47. The summed E-state index contributed by atoms with van der Waals surface area (Å²) in [5.41, 5.74) is 2.83. The molecule has 1 amide bonds. The highest BCUT2D eigenvalue weighted by Crippen LogP contribution is 2.10. The molecule has 21 heavy (non-hydrogen) atoms. The summed E-state index contributed by atoms with van der Waals surface area (Å²) in [6, 6.07) is 12.2. The normalized spacial score (nSPS) is 10.4. The van der Waals surface area contributed by atoms with E-state index in [-0.39, 0.29) is 11.7 Å². The van der Waals surface area contributed by atoms with E-state index in [1.807, 2.05) is 12.1 Å². The molecule has 2 aromatic rings. The molecule has 0 aliphatic carbocycles. The Labute approximate surface area is 123 Å². The van der Waals surface area contributed by atoms with Crippen LogP contribution in [-0.2, 0) is 17.9 Å². The van der Waals surface area contributed by atoms with E-state index in [0.29, 0.717) is 24.3 Å². The van der Waals surface area contributed by atoms with Crippen molar-refractivity contribution in [3.8, 4) is 0 Å². The lowest BCUT2D eigenvalue weighted by Crippen LogP contribution is -2.23. The Morgan fingerprint density at radius 2 is 2.00 bits per heavy atom. The van der Waals surface area contributed by atoms with Gasteiger partial charge in [0.2, 0.25) is 0 Å². The molecule has 0 spiro atoms. The molecule has 1 N–H and O–H groups in total. The SMILES string of the molecule is COCc1cccc(C(=O)NCc2ccc(C)c(F)c2)c1. The van der Waals surface area contributed by atoms with E-state index in [4.69, 9.17) is 4.74 Å². The Bertz CT molecular complexity index is 640. The average molecular weight is 287 g/mol. The van der Waals surface area contributed by atoms with Gasteiger partial charge in [-0.3, -0.25) is 4.79 Å². The fourth-order valence-corrected chi connectivity index (χ4v) is 2.00. The Morgan fingerprint density at radius 3 is 2.71 bits per heavy atom. The van der Waals surface area contributed by atoms with E-state index in [1.165, 1.54) is 6.07 Å². The molecule has 2 aromatic carbocycles. The fourth-order valence-electron chi connectivity index (χ4n) is 2.00. The number of nitrogens with one attached hydrogen (secondary N) is 1. The second-order valence-electron chi connectivity index (χ2n) is 4.90.